The van der Waals surface area contributed by atoms with Crippen LogP contribution in [0.25, 0.3) is 0 Å². The summed E-state index contributed by atoms with van der Waals surface area (Å²) in [5, 5.41) is 4.94. The minimum absolute atomic E-state index is 0.320. The van der Waals surface area contributed by atoms with Gasteiger partial charge in [-0.1, -0.05) is 53.7 Å². The molecule has 3 nitrogen and oxygen atoms in total. The Balaban J connectivity index is 1.93. The smallest absolute Gasteiger partial charge is 0.330 e. The van der Waals surface area contributed by atoms with Crippen molar-refractivity contribution in [1.82, 2.24) is 0 Å². The molecule has 0 aliphatic carbocycles. The number of hydrogen-bond acceptors (Lipinski definition) is 3. The van der Waals surface area contributed by atoms with Gasteiger partial charge in [0.15, 0.2) is 0 Å². The Labute approximate surface area is 160 Å². The third-order valence-corrected chi connectivity index (χ3v) is 6.38. The van der Waals surface area contributed by atoms with E-state index in [1.54, 1.807) is 67.6 Å². The molecule has 0 aromatic heterocycles. The van der Waals surface area contributed by atoms with Crippen LogP contribution in [0.2, 0.25) is 0 Å². The highest BCUT2D eigenvalue weighted by Crippen LogP contribution is 2.45. The van der Waals surface area contributed by atoms with Crippen molar-refractivity contribution in [3.8, 4) is 0 Å². The molecule has 0 atom stereocenters. The largest absolute Gasteiger partial charge is 0.416 e. The van der Waals surface area contributed by atoms with Crippen molar-refractivity contribution >= 4 is 23.7 Å². The van der Waals surface area contributed by atoms with Crippen LogP contribution in [0.4, 0.5) is 13.2 Å². The second-order valence-corrected chi connectivity index (χ2v) is 8.36. The number of hydrogen-bond donors (Lipinski definition) is 0. The number of alkyl halides is 3. The van der Waals surface area contributed by atoms with E-state index in [2.05, 4.69) is 5.16 Å². The van der Waals surface area contributed by atoms with Crippen molar-refractivity contribution in [2.24, 2.45) is 5.16 Å². The number of rotatable bonds is 5. The summed E-state index contributed by atoms with van der Waals surface area (Å²) in [7, 11) is -3.50. The first-order valence-electron chi connectivity index (χ1n) is 8.43. The number of nitrogens with zero attached hydrogens (tertiary/aromatic N) is 1. The van der Waals surface area contributed by atoms with E-state index in [1.807, 2.05) is 0 Å². The van der Waals surface area contributed by atoms with Gasteiger partial charge in [-0.2, -0.15) is 13.2 Å². The van der Waals surface area contributed by atoms with E-state index in [0.29, 0.717) is 21.9 Å². The molecular weight excluding hydrogens is 386 g/mol. The van der Waals surface area contributed by atoms with Crippen molar-refractivity contribution in [2.45, 2.75) is 13.1 Å². The van der Waals surface area contributed by atoms with Crippen LogP contribution < -0.4 is 10.6 Å². The first-order chi connectivity index (χ1) is 13.3. The molecule has 0 N–H and O–H groups in total. The molecule has 0 aliphatic heterocycles. The van der Waals surface area contributed by atoms with Crippen LogP contribution in [0, 0.1) is 0 Å². The third-order valence-electron chi connectivity index (χ3n) is 4.11. The maximum atomic E-state index is 13.7. The Morgan fingerprint density at radius 2 is 1.29 bits per heavy atom. The number of oxime groups is 1. The highest BCUT2D eigenvalue weighted by atomic mass is 31.2. The maximum absolute atomic E-state index is 13.7. The van der Waals surface area contributed by atoms with Gasteiger partial charge in [0.05, 0.1) is 21.9 Å². The van der Waals surface area contributed by atoms with Gasteiger partial charge in [0, 0.05) is 0 Å². The maximum Gasteiger partial charge on any atom is 0.416 e. The molecule has 3 aromatic rings. The highest BCUT2D eigenvalue weighted by molar-refractivity contribution is 7.74. The van der Waals surface area contributed by atoms with Gasteiger partial charge < -0.3 is 4.62 Å². The molecule has 0 saturated heterocycles. The second kappa shape index (κ2) is 8.03. The Morgan fingerprint density at radius 1 is 0.821 bits per heavy atom. The molecule has 0 aliphatic rings. The SMILES string of the molecule is C/C(=N\OP(=O)(c1ccccc1)c1ccccc1)c1ccc(C(F)(F)F)cc1. The van der Waals surface area contributed by atoms with Crippen LogP contribution in [0.15, 0.2) is 90.1 Å². The first-order valence-corrected chi connectivity index (χ1v) is 10.1. The first kappa shape index (κ1) is 19.9. The van der Waals surface area contributed by atoms with Crippen LogP contribution in [-0.2, 0) is 15.4 Å². The lowest BCUT2D eigenvalue weighted by Gasteiger charge is -2.17. The second-order valence-electron chi connectivity index (χ2n) is 6.06. The van der Waals surface area contributed by atoms with E-state index in [4.69, 9.17) is 4.62 Å². The van der Waals surface area contributed by atoms with Gasteiger partial charge in [-0.05, 0) is 48.9 Å². The molecule has 0 spiro atoms. The molecule has 0 heterocycles. The highest BCUT2D eigenvalue weighted by Gasteiger charge is 2.31. The lowest BCUT2D eigenvalue weighted by molar-refractivity contribution is -0.137. The number of halogens is 3. The predicted molar refractivity (Wildman–Crippen MR) is 104 cm³/mol. The van der Waals surface area contributed by atoms with E-state index >= 15 is 0 Å². The normalized spacial score (nSPS) is 12.6. The summed E-state index contributed by atoms with van der Waals surface area (Å²) in [6, 6.07) is 21.9. The zero-order chi connectivity index (χ0) is 20.2. The fourth-order valence-corrected chi connectivity index (χ4v) is 4.42. The van der Waals surface area contributed by atoms with Crippen LogP contribution in [0.3, 0.4) is 0 Å². The third kappa shape index (κ3) is 4.34. The minimum Gasteiger partial charge on any atom is -0.330 e. The molecule has 0 unspecified atom stereocenters. The van der Waals surface area contributed by atoms with Gasteiger partial charge in [0.2, 0.25) is 0 Å². The fraction of sp³-hybridized carbons (Fsp3) is 0.0952. The van der Waals surface area contributed by atoms with Gasteiger partial charge in [-0.15, -0.1) is 0 Å². The molecular formula is C21H17F3NO2P. The molecule has 144 valence electrons. The van der Waals surface area contributed by atoms with E-state index in [9.17, 15) is 17.7 Å². The van der Waals surface area contributed by atoms with Crippen LogP contribution >= 0.6 is 7.37 Å². The zero-order valence-corrected chi connectivity index (χ0v) is 15.8. The Morgan fingerprint density at radius 3 is 1.71 bits per heavy atom. The molecule has 28 heavy (non-hydrogen) atoms. The van der Waals surface area contributed by atoms with E-state index < -0.39 is 19.1 Å². The summed E-state index contributed by atoms with van der Waals surface area (Å²) < 4.78 is 57.3. The van der Waals surface area contributed by atoms with Crippen molar-refractivity contribution in [2.75, 3.05) is 0 Å². The lowest BCUT2D eigenvalue weighted by atomic mass is 10.1. The zero-order valence-electron chi connectivity index (χ0n) is 14.9. The van der Waals surface area contributed by atoms with Crippen molar-refractivity contribution < 1.29 is 22.4 Å². The molecule has 0 saturated carbocycles. The molecule has 3 rings (SSSR count). The molecule has 0 amide bonds. The van der Waals surface area contributed by atoms with E-state index in [-0.39, 0.29) is 0 Å². The van der Waals surface area contributed by atoms with Crippen LogP contribution in [-0.4, -0.2) is 5.71 Å². The Kier molecular flexibility index (Phi) is 5.71. The topological polar surface area (TPSA) is 38.7 Å². The summed E-state index contributed by atoms with van der Waals surface area (Å²) in [6.45, 7) is 1.59. The standard InChI is InChI=1S/C21H17F3NO2P/c1-16(17-12-14-18(15-13-17)21(22,23)24)25-27-28(26,19-8-4-2-5-9-19)20-10-6-3-7-11-20/h2-15H,1H3/b25-16+. The van der Waals surface area contributed by atoms with Gasteiger partial charge >= 0.3 is 13.5 Å². The van der Waals surface area contributed by atoms with Crippen molar-refractivity contribution in [1.29, 1.82) is 0 Å². The van der Waals surface area contributed by atoms with E-state index in [1.165, 1.54) is 12.1 Å². The monoisotopic (exact) mass is 403 g/mol. The summed E-state index contributed by atoms with van der Waals surface area (Å²) in [4.78, 5) is 0. The molecule has 0 fully saturated rings. The summed E-state index contributed by atoms with van der Waals surface area (Å²) in [5.41, 5.74) is 0.0192. The van der Waals surface area contributed by atoms with Crippen molar-refractivity contribution in [3.63, 3.8) is 0 Å². The van der Waals surface area contributed by atoms with Gasteiger partial charge in [0.25, 0.3) is 0 Å². The molecule has 7 heteroatoms. The predicted octanol–water partition coefficient (Wildman–Crippen LogP) is 5.38. The Hall–Kier alpha value is -2.85. The quantitative estimate of drug-likeness (QED) is 0.326. The van der Waals surface area contributed by atoms with E-state index in [0.717, 1.165) is 12.1 Å². The molecule has 0 radical (unpaired) electrons. The molecule has 0 bridgehead atoms. The minimum atomic E-state index is -4.41. The summed E-state index contributed by atoms with van der Waals surface area (Å²) in [5.74, 6) is 0. The number of benzene rings is 3. The van der Waals surface area contributed by atoms with Gasteiger partial charge in [-0.25, -0.2) is 0 Å². The lowest BCUT2D eigenvalue weighted by Crippen LogP contribution is -2.17. The van der Waals surface area contributed by atoms with Crippen LogP contribution in [0.5, 0.6) is 0 Å². The Bertz CT molecular complexity index is 958. The summed E-state index contributed by atoms with van der Waals surface area (Å²) >= 11 is 0. The molecule has 3 aromatic carbocycles. The average molecular weight is 403 g/mol. The van der Waals surface area contributed by atoms with Crippen molar-refractivity contribution in [3.05, 3.63) is 96.1 Å². The fourth-order valence-electron chi connectivity index (χ4n) is 2.56. The van der Waals surface area contributed by atoms with Crippen LogP contribution in [0.1, 0.15) is 18.1 Å². The van der Waals surface area contributed by atoms with Gasteiger partial charge in [0.1, 0.15) is 0 Å². The van der Waals surface area contributed by atoms with Gasteiger partial charge in [-0.3, -0.25) is 4.57 Å². The average Bonchev–Trinajstić information content (AvgIpc) is 2.72. The summed E-state index contributed by atoms with van der Waals surface area (Å²) in [6.07, 6.45) is -4.41.